The zero-order chi connectivity index (χ0) is 22.8. The van der Waals surface area contributed by atoms with E-state index in [0.29, 0.717) is 23.8 Å². The van der Waals surface area contributed by atoms with Crippen LogP contribution in [0, 0.1) is 0 Å². The summed E-state index contributed by atoms with van der Waals surface area (Å²) in [6.45, 7) is 19.6. The number of likely N-dealkylation sites (N-methyl/N-ethyl adjacent to an activating group) is 1. The van der Waals surface area contributed by atoms with Crippen molar-refractivity contribution in [2.75, 3.05) is 59.6 Å². The summed E-state index contributed by atoms with van der Waals surface area (Å²) < 4.78 is 14.2. The minimum absolute atomic E-state index is 0.101. The number of nitrogens with zero attached hydrogens (tertiary/aromatic N) is 2. The highest BCUT2D eigenvalue weighted by atomic mass is 28.5. The van der Waals surface area contributed by atoms with Crippen LogP contribution in [0.1, 0.15) is 19.8 Å². The van der Waals surface area contributed by atoms with E-state index in [1.54, 1.807) is 0 Å². The van der Waals surface area contributed by atoms with Gasteiger partial charge in [-0.25, -0.2) is 0 Å². The van der Waals surface area contributed by atoms with Gasteiger partial charge in [0.2, 0.25) is 0 Å². The highest BCUT2D eigenvalue weighted by molar-refractivity contribution is 6.86. The quantitative estimate of drug-likeness (QED) is 0.283. The van der Waals surface area contributed by atoms with Gasteiger partial charge in [0.05, 0.1) is 39.5 Å². The second-order valence-corrected chi connectivity index (χ2v) is 22.0. The Kier molecular flexibility index (Phi) is 13.2. The molecular weight excluding hydrogens is 420 g/mol. The molecule has 0 atom stereocenters. The standard InChI is InChI=1S/C19H49N2O5Si3/c1-9-13-21(14-17-23,15-18-24)28(5,6)26-29(7,8)25-27(3,4)19-10-11-20(2)12-16-22/h22-24H,9-19H2,1-8H3/q+1. The number of rotatable bonds is 17. The summed E-state index contributed by atoms with van der Waals surface area (Å²) >= 11 is 0. The van der Waals surface area contributed by atoms with Gasteiger partial charge in [-0.3, -0.25) is 0 Å². The van der Waals surface area contributed by atoms with Gasteiger partial charge < -0.3 is 32.6 Å². The fourth-order valence-electron chi connectivity index (χ4n) is 4.45. The van der Waals surface area contributed by atoms with Crippen molar-refractivity contribution < 1.29 is 27.7 Å². The van der Waals surface area contributed by atoms with E-state index < -0.39 is 25.4 Å². The van der Waals surface area contributed by atoms with Crippen LogP contribution in [-0.4, -0.2) is 109 Å². The Balaban J connectivity index is 5.16. The summed E-state index contributed by atoms with van der Waals surface area (Å²) in [6, 6.07) is 1.06. The third kappa shape index (κ3) is 10.5. The maximum Gasteiger partial charge on any atom is 0.421 e. The van der Waals surface area contributed by atoms with Crippen LogP contribution in [0.15, 0.2) is 0 Å². The molecule has 0 rings (SSSR count). The van der Waals surface area contributed by atoms with Crippen molar-refractivity contribution in [3.8, 4) is 0 Å². The van der Waals surface area contributed by atoms with E-state index in [1.807, 2.05) is 7.05 Å². The van der Waals surface area contributed by atoms with Crippen molar-refractivity contribution in [1.82, 2.24) is 4.90 Å². The summed E-state index contributed by atoms with van der Waals surface area (Å²) in [5.74, 6) is 0. The van der Waals surface area contributed by atoms with Crippen LogP contribution >= 0.6 is 0 Å². The van der Waals surface area contributed by atoms with Crippen molar-refractivity contribution in [2.45, 2.75) is 65.1 Å². The molecule has 0 amide bonds. The zero-order valence-corrected chi connectivity index (χ0v) is 23.3. The third-order valence-corrected chi connectivity index (χ3v) is 18.3. The molecule has 0 bridgehead atoms. The van der Waals surface area contributed by atoms with E-state index in [2.05, 4.69) is 51.1 Å². The molecule has 0 saturated heterocycles. The van der Waals surface area contributed by atoms with E-state index in [1.165, 1.54) is 0 Å². The predicted octanol–water partition coefficient (Wildman–Crippen LogP) is 2.15. The lowest BCUT2D eigenvalue weighted by Gasteiger charge is -2.50. The molecule has 0 spiro atoms. The van der Waals surface area contributed by atoms with Gasteiger partial charge in [0.1, 0.15) is 0 Å². The number of hydrogen-bond donors (Lipinski definition) is 3. The molecule has 7 nitrogen and oxygen atoms in total. The van der Waals surface area contributed by atoms with Gasteiger partial charge in [-0.15, -0.1) is 0 Å². The molecule has 0 fully saturated rings. The lowest BCUT2D eigenvalue weighted by molar-refractivity contribution is -0.841. The minimum Gasteiger partial charge on any atom is -0.436 e. The lowest BCUT2D eigenvalue weighted by Crippen LogP contribution is -2.72. The van der Waals surface area contributed by atoms with Crippen LogP contribution in [0.25, 0.3) is 0 Å². The van der Waals surface area contributed by atoms with Crippen LogP contribution < -0.4 is 0 Å². The van der Waals surface area contributed by atoms with E-state index in [0.717, 1.165) is 32.0 Å². The fraction of sp³-hybridized carbons (Fsp3) is 1.00. The molecule has 29 heavy (non-hydrogen) atoms. The highest BCUT2D eigenvalue weighted by Crippen LogP contribution is 2.29. The summed E-state index contributed by atoms with van der Waals surface area (Å²) in [5.41, 5.74) is 0. The van der Waals surface area contributed by atoms with Crippen LogP contribution in [0.2, 0.25) is 45.3 Å². The largest absolute Gasteiger partial charge is 0.436 e. The first-order chi connectivity index (χ1) is 13.3. The Morgan fingerprint density at radius 1 is 0.793 bits per heavy atom. The monoisotopic (exact) mass is 469 g/mol. The summed E-state index contributed by atoms with van der Waals surface area (Å²) in [7, 11) is -4.51. The number of aliphatic hydroxyl groups is 3. The predicted molar refractivity (Wildman–Crippen MR) is 128 cm³/mol. The minimum atomic E-state index is -2.37. The first-order valence-corrected chi connectivity index (χ1v) is 19.9. The molecule has 3 N–H and O–H groups in total. The van der Waals surface area contributed by atoms with Gasteiger partial charge in [-0.2, -0.15) is 0 Å². The summed E-state index contributed by atoms with van der Waals surface area (Å²) in [6.07, 6.45) is 2.05. The molecule has 0 aliphatic rings. The molecule has 0 aromatic carbocycles. The van der Waals surface area contributed by atoms with Gasteiger partial charge in [-0.1, -0.05) is 6.92 Å². The van der Waals surface area contributed by atoms with Gasteiger partial charge in [0.15, 0.2) is 8.32 Å². The van der Waals surface area contributed by atoms with Crippen LogP contribution in [0.5, 0.6) is 0 Å². The second kappa shape index (κ2) is 13.0. The maximum atomic E-state index is 9.72. The molecule has 0 aliphatic carbocycles. The SMILES string of the molecule is CCC[N+](CCO)(CCO)[Si](C)(C)O[Si](C)(C)O[Si](C)(C)CCCN(C)CCO. The van der Waals surface area contributed by atoms with Crippen LogP contribution in [0.3, 0.4) is 0 Å². The van der Waals surface area contributed by atoms with Crippen molar-refractivity contribution in [2.24, 2.45) is 0 Å². The topological polar surface area (TPSA) is 82.4 Å². The van der Waals surface area contributed by atoms with Crippen LogP contribution in [0.4, 0.5) is 0 Å². The van der Waals surface area contributed by atoms with Crippen molar-refractivity contribution in [3.63, 3.8) is 0 Å². The van der Waals surface area contributed by atoms with Crippen molar-refractivity contribution in [1.29, 1.82) is 0 Å². The number of quaternary nitrogens is 1. The average Bonchev–Trinajstić information content (AvgIpc) is 2.53. The molecule has 176 valence electrons. The molecule has 10 heteroatoms. The maximum absolute atomic E-state index is 9.72. The fourth-order valence-corrected chi connectivity index (χ4v) is 19.4. The Labute approximate surface area is 182 Å². The Morgan fingerprint density at radius 3 is 1.79 bits per heavy atom. The Bertz CT molecular complexity index is 437. The Hall–Kier alpha value is 0.371. The zero-order valence-electron chi connectivity index (χ0n) is 20.3. The molecule has 0 unspecified atom stereocenters. The van der Waals surface area contributed by atoms with Gasteiger partial charge in [0.25, 0.3) is 0 Å². The van der Waals surface area contributed by atoms with Crippen molar-refractivity contribution >= 4 is 25.4 Å². The van der Waals surface area contributed by atoms with E-state index in [9.17, 15) is 10.2 Å². The Morgan fingerprint density at radius 2 is 1.34 bits per heavy atom. The van der Waals surface area contributed by atoms with Gasteiger partial charge in [-0.05, 0) is 58.7 Å². The molecule has 0 aromatic heterocycles. The smallest absolute Gasteiger partial charge is 0.421 e. The molecular formula is C19H49N2O5Si3+. The second-order valence-electron chi connectivity index (χ2n) is 9.70. The molecule has 0 radical (unpaired) electrons. The number of aliphatic hydroxyl groups excluding tert-OH is 3. The van der Waals surface area contributed by atoms with E-state index in [-0.39, 0.29) is 19.8 Å². The molecule has 0 aliphatic heterocycles. The summed E-state index contributed by atoms with van der Waals surface area (Å²) in [5, 5.41) is 28.5. The first kappa shape index (κ1) is 29.4. The molecule has 0 saturated carbocycles. The van der Waals surface area contributed by atoms with Crippen molar-refractivity contribution in [3.05, 3.63) is 0 Å². The normalized spacial score (nSPS) is 14.1. The lowest BCUT2D eigenvalue weighted by atomic mass is 10.4. The first-order valence-electron chi connectivity index (χ1n) is 11.1. The highest BCUT2D eigenvalue weighted by Gasteiger charge is 2.53. The molecule has 0 aromatic rings. The van der Waals surface area contributed by atoms with E-state index >= 15 is 0 Å². The summed E-state index contributed by atoms with van der Waals surface area (Å²) in [4.78, 5) is 2.15. The average molecular weight is 470 g/mol. The van der Waals surface area contributed by atoms with Gasteiger partial charge >= 0.3 is 17.0 Å². The third-order valence-electron chi connectivity index (χ3n) is 5.67. The van der Waals surface area contributed by atoms with Crippen LogP contribution in [-0.2, 0) is 8.23 Å². The number of hydrogen-bond acceptors (Lipinski definition) is 6. The molecule has 0 heterocycles. The van der Waals surface area contributed by atoms with Gasteiger partial charge in [0, 0.05) is 19.6 Å². The van der Waals surface area contributed by atoms with E-state index in [4.69, 9.17) is 13.3 Å².